The number of hydrogen-bond acceptors (Lipinski definition) is 1. The number of rotatable bonds is 1. The van der Waals surface area contributed by atoms with Crippen LogP contribution in [0.15, 0.2) is 25.6 Å². The van der Waals surface area contributed by atoms with Crippen LogP contribution in [0.4, 0.5) is 0 Å². The van der Waals surface area contributed by atoms with Crippen LogP contribution in [0.25, 0.3) is 0 Å². The topological polar surface area (TPSA) is 20.3 Å². The second kappa shape index (κ2) is 4.77. The van der Waals surface area contributed by atoms with Gasteiger partial charge >= 0.3 is 0 Å². The summed E-state index contributed by atoms with van der Waals surface area (Å²) in [6, 6.07) is 3.70. The van der Waals surface area contributed by atoms with Crippen molar-refractivity contribution in [2.75, 3.05) is 14.1 Å². The van der Waals surface area contributed by atoms with Gasteiger partial charge < -0.3 is 4.90 Å². The molecule has 0 saturated carbocycles. The van der Waals surface area contributed by atoms with Crippen LogP contribution in [0.2, 0.25) is 0 Å². The standard InChI is InChI=1S/C9H8Br3NO/c1-13(2)9(14)8-6(11)3-5(10)4-7(8)12/h3-4H,1-2H3. The fourth-order valence-corrected chi connectivity index (χ4v) is 3.57. The Morgan fingerprint density at radius 3 is 1.93 bits per heavy atom. The molecular formula is C9H8Br3NO. The number of carbonyl (C=O) groups excluding carboxylic acids is 1. The summed E-state index contributed by atoms with van der Waals surface area (Å²) in [5, 5.41) is 0. The summed E-state index contributed by atoms with van der Waals surface area (Å²) in [5.74, 6) is -0.0312. The van der Waals surface area contributed by atoms with Crippen molar-refractivity contribution in [3.8, 4) is 0 Å². The van der Waals surface area contributed by atoms with Gasteiger partial charge in [-0.2, -0.15) is 0 Å². The lowest BCUT2D eigenvalue weighted by molar-refractivity contribution is 0.0826. The van der Waals surface area contributed by atoms with Gasteiger partial charge in [-0.1, -0.05) is 15.9 Å². The molecule has 0 radical (unpaired) electrons. The molecule has 0 aliphatic rings. The summed E-state index contributed by atoms with van der Waals surface area (Å²) in [7, 11) is 3.45. The smallest absolute Gasteiger partial charge is 0.255 e. The van der Waals surface area contributed by atoms with Crippen molar-refractivity contribution < 1.29 is 4.79 Å². The number of halogens is 3. The third-order valence-electron chi connectivity index (χ3n) is 1.63. The van der Waals surface area contributed by atoms with E-state index in [0.29, 0.717) is 5.56 Å². The molecular weight excluding hydrogens is 378 g/mol. The number of benzene rings is 1. The molecule has 0 unspecified atom stereocenters. The largest absolute Gasteiger partial charge is 0.345 e. The highest BCUT2D eigenvalue weighted by atomic mass is 79.9. The Morgan fingerprint density at radius 2 is 1.57 bits per heavy atom. The molecule has 0 aliphatic carbocycles. The average Bonchev–Trinajstić information content (AvgIpc) is 2.01. The Hall–Kier alpha value is 0.130. The maximum absolute atomic E-state index is 11.7. The van der Waals surface area contributed by atoms with Gasteiger partial charge in [0.05, 0.1) is 5.56 Å². The van der Waals surface area contributed by atoms with E-state index in [2.05, 4.69) is 47.8 Å². The molecule has 0 atom stereocenters. The van der Waals surface area contributed by atoms with Crippen LogP contribution in [0, 0.1) is 0 Å². The van der Waals surface area contributed by atoms with E-state index in [4.69, 9.17) is 0 Å². The zero-order valence-corrected chi connectivity index (χ0v) is 12.4. The van der Waals surface area contributed by atoms with Crippen molar-refractivity contribution in [2.24, 2.45) is 0 Å². The van der Waals surface area contributed by atoms with Gasteiger partial charge in [0.15, 0.2) is 0 Å². The highest BCUT2D eigenvalue weighted by molar-refractivity contribution is 9.11. The molecule has 1 amide bonds. The second-order valence-electron chi connectivity index (χ2n) is 2.94. The van der Waals surface area contributed by atoms with Gasteiger partial charge in [0, 0.05) is 27.5 Å². The molecule has 76 valence electrons. The van der Waals surface area contributed by atoms with E-state index in [1.165, 1.54) is 0 Å². The minimum atomic E-state index is -0.0312. The van der Waals surface area contributed by atoms with Crippen molar-refractivity contribution in [3.63, 3.8) is 0 Å². The summed E-state index contributed by atoms with van der Waals surface area (Å²) in [6.07, 6.45) is 0. The van der Waals surface area contributed by atoms with E-state index in [9.17, 15) is 4.79 Å². The summed E-state index contributed by atoms with van der Waals surface area (Å²) < 4.78 is 2.47. The molecule has 0 aliphatic heterocycles. The lowest BCUT2D eigenvalue weighted by Crippen LogP contribution is -2.22. The molecule has 5 heteroatoms. The molecule has 0 saturated heterocycles. The zero-order valence-electron chi connectivity index (χ0n) is 7.64. The normalized spacial score (nSPS) is 10.1. The molecule has 0 bridgehead atoms. The van der Waals surface area contributed by atoms with Crippen LogP contribution in [0.1, 0.15) is 10.4 Å². The van der Waals surface area contributed by atoms with E-state index in [0.717, 1.165) is 13.4 Å². The number of carbonyl (C=O) groups is 1. The molecule has 0 N–H and O–H groups in total. The zero-order chi connectivity index (χ0) is 10.9. The summed E-state index contributed by atoms with van der Waals surface area (Å²) >= 11 is 10.1. The third kappa shape index (κ3) is 2.58. The van der Waals surface area contributed by atoms with Gasteiger partial charge in [0.1, 0.15) is 0 Å². The average molecular weight is 386 g/mol. The van der Waals surface area contributed by atoms with E-state index in [1.54, 1.807) is 19.0 Å². The van der Waals surface area contributed by atoms with Gasteiger partial charge in [-0.05, 0) is 44.0 Å². The lowest BCUT2D eigenvalue weighted by atomic mass is 10.2. The minimum absolute atomic E-state index is 0.0312. The predicted molar refractivity (Wildman–Crippen MR) is 67.6 cm³/mol. The van der Waals surface area contributed by atoms with Crippen molar-refractivity contribution in [1.29, 1.82) is 0 Å². The van der Waals surface area contributed by atoms with Crippen LogP contribution in [-0.4, -0.2) is 24.9 Å². The highest BCUT2D eigenvalue weighted by Crippen LogP contribution is 2.30. The number of hydrogen-bond donors (Lipinski definition) is 0. The highest BCUT2D eigenvalue weighted by Gasteiger charge is 2.16. The van der Waals surface area contributed by atoms with Gasteiger partial charge in [-0.3, -0.25) is 4.79 Å². The molecule has 0 heterocycles. The van der Waals surface area contributed by atoms with Gasteiger partial charge in [-0.25, -0.2) is 0 Å². The first-order chi connectivity index (χ1) is 6.43. The van der Waals surface area contributed by atoms with E-state index >= 15 is 0 Å². The molecule has 1 rings (SSSR count). The van der Waals surface area contributed by atoms with Crippen LogP contribution in [0.3, 0.4) is 0 Å². The Balaban J connectivity index is 3.28. The first kappa shape index (κ1) is 12.2. The molecule has 2 nitrogen and oxygen atoms in total. The van der Waals surface area contributed by atoms with Crippen molar-refractivity contribution >= 4 is 53.7 Å². The van der Waals surface area contributed by atoms with Crippen molar-refractivity contribution in [2.45, 2.75) is 0 Å². The molecule has 0 aromatic heterocycles. The fraction of sp³-hybridized carbons (Fsp3) is 0.222. The Bertz CT molecular complexity index is 353. The lowest BCUT2D eigenvalue weighted by Gasteiger charge is -2.13. The Kier molecular flexibility index (Phi) is 4.15. The van der Waals surface area contributed by atoms with Crippen LogP contribution < -0.4 is 0 Å². The predicted octanol–water partition coefficient (Wildman–Crippen LogP) is 3.68. The first-order valence-electron chi connectivity index (χ1n) is 3.79. The first-order valence-corrected chi connectivity index (χ1v) is 6.17. The van der Waals surface area contributed by atoms with Crippen molar-refractivity contribution in [3.05, 3.63) is 31.1 Å². The van der Waals surface area contributed by atoms with Gasteiger partial charge in [0.2, 0.25) is 0 Å². The summed E-state index contributed by atoms with van der Waals surface area (Å²) in [6.45, 7) is 0. The second-order valence-corrected chi connectivity index (χ2v) is 5.57. The van der Waals surface area contributed by atoms with Crippen LogP contribution in [0.5, 0.6) is 0 Å². The third-order valence-corrected chi connectivity index (χ3v) is 3.34. The molecule has 1 aromatic carbocycles. The maximum Gasteiger partial charge on any atom is 0.255 e. The molecule has 1 aromatic rings. The molecule has 14 heavy (non-hydrogen) atoms. The monoisotopic (exact) mass is 383 g/mol. The number of amides is 1. The quantitative estimate of drug-likeness (QED) is 0.722. The van der Waals surface area contributed by atoms with Crippen LogP contribution in [-0.2, 0) is 0 Å². The van der Waals surface area contributed by atoms with E-state index in [-0.39, 0.29) is 5.91 Å². The Morgan fingerprint density at radius 1 is 1.14 bits per heavy atom. The minimum Gasteiger partial charge on any atom is -0.345 e. The Labute approximate surface area is 108 Å². The van der Waals surface area contributed by atoms with E-state index in [1.807, 2.05) is 12.1 Å². The molecule has 0 spiro atoms. The van der Waals surface area contributed by atoms with E-state index < -0.39 is 0 Å². The number of nitrogens with zero attached hydrogens (tertiary/aromatic N) is 1. The SMILES string of the molecule is CN(C)C(=O)c1c(Br)cc(Br)cc1Br. The van der Waals surface area contributed by atoms with Crippen LogP contribution >= 0.6 is 47.8 Å². The maximum atomic E-state index is 11.7. The summed E-state index contributed by atoms with van der Waals surface area (Å²) in [5.41, 5.74) is 0.637. The van der Waals surface area contributed by atoms with Gasteiger partial charge in [0.25, 0.3) is 5.91 Å². The fourth-order valence-electron chi connectivity index (χ4n) is 0.970. The van der Waals surface area contributed by atoms with Gasteiger partial charge in [-0.15, -0.1) is 0 Å². The van der Waals surface area contributed by atoms with Crippen molar-refractivity contribution in [1.82, 2.24) is 4.90 Å². The molecule has 0 fully saturated rings. The summed E-state index contributed by atoms with van der Waals surface area (Å²) in [4.78, 5) is 13.3.